The molecule has 116 valence electrons. The van der Waals surface area contributed by atoms with Crippen molar-refractivity contribution in [3.63, 3.8) is 0 Å². The van der Waals surface area contributed by atoms with Gasteiger partial charge in [-0.25, -0.2) is 0 Å². The lowest BCUT2D eigenvalue weighted by molar-refractivity contribution is -0.131. The molecular weight excluding hydrogens is 250 g/mol. The third kappa shape index (κ3) is 3.73. The maximum atomic E-state index is 12.6. The Bertz CT molecular complexity index is 324. The van der Waals surface area contributed by atoms with Crippen LogP contribution in [0.4, 0.5) is 0 Å². The molecule has 2 aliphatic heterocycles. The lowest BCUT2D eigenvalue weighted by Crippen LogP contribution is -2.42. The van der Waals surface area contributed by atoms with Crippen molar-refractivity contribution >= 4 is 5.91 Å². The predicted molar refractivity (Wildman–Crippen MR) is 82.4 cm³/mol. The van der Waals surface area contributed by atoms with Crippen molar-refractivity contribution in [3.8, 4) is 0 Å². The third-order valence-corrected chi connectivity index (χ3v) is 4.74. The number of amides is 1. The van der Waals surface area contributed by atoms with Crippen LogP contribution >= 0.6 is 0 Å². The fraction of sp³-hybridized carbons (Fsp3) is 0.938. The minimum Gasteiger partial charge on any atom is -0.326 e. The predicted octanol–water partition coefficient (Wildman–Crippen LogP) is 1.91. The molecule has 2 rings (SSSR count). The zero-order chi connectivity index (χ0) is 14.7. The molecule has 4 heteroatoms. The molecule has 2 saturated heterocycles. The summed E-state index contributed by atoms with van der Waals surface area (Å²) in [6.07, 6.45) is 4.68. The normalized spacial score (nSPS) is 29.6. The van der Waals surface area contributed by atoms with Gasteiger partial charge in [0.1, 0.15) is 0 Å². The molecule has 2 unspecified atom stereocenters. The van der Waals surface area contributed by atoms with Crippen LogP contribution in [0, 0.1) is 11.8 Å². The average Bonchev–Trinajstić information content (AvgIpc) is 2.69. The van der Waals surface area contributed by atoms with E-state index in [4.69, 9.17) is 0 Å². The Hall–Kier alpha value is -0.610. The molecule has 2 heterocycles. The molecule has 1 N–H and O–H groups in total. The molecule has 0 saturated carbocycles. The van der Waals surface area contributed by atoms with Crippen LogP contribution in [-0.4, -0.2) is 54.6 Å². The molecule has 0 aromatic heterocycles. The van der Waals surface area contributed by atoms with Crippen molar-refractivity contribution in [1.82, 2.24) is 15.1 Å². The number of nitrogens with one attached hydrogen (secondary N) is 1. The topological polar surface area (TPSA) is 35.6 Å². The van der Waals surface area contributed by atoms with Crippen LogP contribution in [0.15, 0.2) is 0 Å². The Kier molecular flexibility index (Phi) is 5.44. The van der Waals surface area contributed by atoms with Crippen LogP contribution < -0.4 is 5.32 Å². The molecule has 2 fully saturated rings. The second-order valence-corrected chi connectivity index (χ2v) is 7.01. The minimum absolute atomic E-state index is 0.0474. The summed E-state index contributed by atoms with van der Waals surface area (Å²) in [5, 5.41) is 3.54. The van der Waals surface area contributed by atoms with Crippen molar-refractivity contribution in [2.45, 2.75) is 58.7 Å². The van der Waals surface area contributed by atoms with E-state index in [0.29, 0.717) is 17.7 Å². The van der Waals surface area contributed by atoms with E-state index in [0.717, 1.165) is 19.4 Å². The molecule has 2 atom stereocenters. The van der Waals surface area contributed by atoms with E-state index in [9.17, 15) is 4.79 Å². The standard InChI is InChI=1S/C16H31N3O/c1-5-15-17-14(10-12(2)3)16(20)19(15)11-13-6-8-18(4)9-7-13/h12-15,17H,5-11H2,1-4H3. The van der Waals surface area contributed by atoms with Gasteiger partial charge in [-0.15, -0.1) is 0 Å². The number of hydrogen-bond donors (Lipinski definition) is 1. The highest BCUT2D eigenvalue weighted by Gasteiger charge is 2.38. The fourth-order valence-electron chi connectivity index (χ4n) is 3.47. The average molecular weight is 281 g/mol. The van der Waals surface area contributed by atoms with Gasteiger partial charge in [-0.05, 0) is 57.7 Å². The molecule has 4 nitrogen and oxygen atoms in total. The van der Waals surface area contributed by atoms with Gasteiger partial charge in [0, 0.05) is 6.54 Å². The number of rotatable bonds is 5. The Morgan fingerprint density at radius 3 is 2.50 bits per heavy atom. The summed E-state index contributed by atoms with van der Waals surface area (Å²) < 4.78 is 0. The number of piperidine rings is 1. The summed E-state index contributed by atoms with van der Waals surface area (Å²) in [4.78, 5) is 17.1. The molecular formula is C16H31N3O. The number of carbonyl (C=O) groups excluding carboxylic acids is 1. The van der Waals surface area contributed by atoms with Crippen molar-refractivity contribution in [2.75, 3.05) is 26.7 Å². The van der Waals surface area contributed by atoms with E-state index in [1.807, 2.05) is 0 Å². The van der Waals surface area contributed by atoms with E-state index in [2.05, 4.69) is 42.9 Å². The van der Waals surface area contributed by atoms with Gasteiger partial charge in [0.25, 0.3) is 0 Å². The maximum absolute atomic E-state index is 12.6. The van der Waals surface area contributed by atoms with Crippen LogP contribution in [0.5, 0.6) is 0 Å². The van der Waals surface area contributed by atoms with Crippen LogP contribution in [0.2, 0.25) is 0 Å². The van der Waals surface area contributed by atoms with Gasteiger partial charge in [-0.3, -0.25) is 10.1 Å². The molecule has 0 radical (unpaired) electrons. The lowest BCUT2D eigenvalue weighted by atomic mass is 9.96. The van der Waals surface area contributed by atoms with E-state index in [1.165, 1.54) is 25.9 Å². The zero-order valence-corrected chi connectivity index (χ0v) is 13.6. The summed E-state index contributed by atoms with van der Waals surface area (Å²) in [5.41, 5.74) is 0. The van der Waals surface area contributed by atoms with Crippen molar-refractivity contribution in [1.29, 1.82) is 0 Å². The Morgan fingerprint density at radius 2 is 1.95 bits per heavy atom. The molecule has 2 aliphatic rings. The second-order valence-electron chi connectivity index (χ2n) is 7.01. The van der Waals surface area contributed by atoms with Gasteiger partial charge in [0.15, 0.2) is 0 Å². The molecule has 0 aliphatic carbocycles. The fourth-order valence-corrected chi connectivity index (χ4v) is 3.47. The van der Waals surface area contributed by atoms with Gasteiger partial charge in [-0.2, -0.15) is 0 Å². The van der Waals surface area contributed by atoms with Gasteiger partial charge in [0.2, 0.25) is 5.91 Å². The van der Waals surface area contributed by atoms with E-state index in [-0.39, 0.29) is 12.2 Å². The first-order valence-electron chi connectivity index (χ1n) is 8.26. The molecule has 20 heavy (non-hydrogen) atoms. The molecule has 0 bridgehead atoms. The minimum atomic E-state index is 0.0474. The SMILES string of the molecule is CCC1NC(CC(C)C)C(=O)N1CC1CCN(C)CC1. The maximum Gasteiger partial charge on any atom is 0.241 e. The number of likely N-dealkylation sites (tertiary alicyclic amines) is 1. The molecule has 1 amide bonds. The van der Waals surface area contributed by atoms with E-state index >= 15 is 0 Å². The highest BCUT2D eigenvalue weighted by molar-refractivity contribution is 5.84. The summed E-state index contributed by atoms with van der Waals surface area (Å²) in [7, 11) is 2.19. The second kappa shape index (κ2) is 6.90. The van der Waals surface area contributed by atoms with Crippen molar-refractivity contribution < 1.29 is 4.79 Å². The van der Waals surface area contributed by atoms with Crippen molar-refractivity contribution in [2.24, 2.45) is 11.8 Å². The van der Waals surface area contributed by atoms with Gasteiger partial charge in [-0.1, -0.05) is 20.8 Å². The summed E-state index contributed by atoms with van der Waals surface area (Å²) in [5.74, 6) is 1.59. The number of carbonyl (C=O) groups is 1. The third-order valence-electron chi connectivity index (χ3n) is 4.74. The Balaban J connectivity index is 1.93. The van der Waals surface area contributed by atoms with Crippen LogP contribution in [0.3, 0.4) is 0 Å². The largest absolute Gasteiger partial charge is 0.326 e. The lowest BCUT2D eigenvalue weighted by Gasteiger charge is -2.33. The molecule has 0 spiro atoms. The highest BCUT2D eigenvalue weighted by atomic mass is 16.2. The van der Waals surface area contributed by atoms with Gasteiger partial charge >= 0.3 is 0 Å². The number of nitrogens with zero attached hydrogens (tertiary/aromatic N) is 2. The zero-order valence-electron chi connectivity index (χ0n) is 13.6. The highest BCUT2D eigenvalue weighted by Crippen LogP contribution is 2.24. The van der Waals surface area contributed by atoms with Crippen LogP contribution in [0.25, 0.3) is 0 Å². The molecule has 0 aromatic carbocycles. The van der Waals surface area contributed by atoms with Gasteiger partial charge in [0.05, 0.1) is 12.2 Å². The van der Waals surface area contributed by atoms with Gasteiger partial charge < -0.3 is 9.80 Å². The quantitative estimate of drug-likeness (QED) is 0.836. The first-order chi connectivity index (χ1) is 9.51. The number of hydrogen-bond acceptors (Lipinski definition) is 3. The Morgan fingerprint density at radius 1 is 1.30 bits per heavy atom. The van der Waals surface area contributed by atoms with E-state index < -0.39 is 0 Å². The smallest absolute Gasteiger partial charge is 0.241 e. The van der Waals surface area contributed by atoms with Crippen LogP contribution in [0.1, 0.15) is 46.5 Å². The van der Waals surface area contributed by atoms with Crippen molar-refractivity contribution in [3.05, 3.63) is 0 Å². The summed E-state index contributed by atoms with van der Waals surface area (Å²) in [6, 6.07) is 0.0474. The summed E-state index contributed by atoms with van der Waals surface area (Å²) in [6.45, 7) is 9.85. The summed E-state index contributed by atoms with van der Waals surface area (Å²) >= 11 is 0. The van der Waals surface area contributed by atoms with Crippen LogP contribution in [-0.2, 0) is 4.79 Å². The first-order valence-corrected chi connectivity index (χ1v) is 8.26. The van der Waals surface area contributed by atoms with E-state index in [1.54, 1.807) is 0 Å². The Labute approximate surface area is 123 Å². The first kappa shape index (κ1) is 15.8. The molecule has 0 aromatic rings. The monoisotopic (exact) mass is 281 g/mol.